The first-order valence-corrected chi connectivity index (χ1v) is 10.8. The molecule has 10 heteroatoms. The zero-order valence-electron chi connectivity index (χ0n) is 14.3. The van der Waals surface area contributed by atoms with Gasteiger partial charge in [-0.05, 0) is 42.0 Å². The quantitative estimate of drug-likeness (QED) is 0.311. The van der Waals surface area contributed by atoms with E-state index in [0.29, 0.717) is 0 Å². The summed E-state index contributed by atoms with van der Waals surface area (Å²) < 4.78 is 33.9. The molecule has 1 atom stereocenters. The molecule has 0 fully saturated rings. The highest BCUT2D eigenvalue weighted by atomic mass is 35.5. The predicted octanol–water partition coefficient (Wildman–Crippen LogP) is 5.89. The molecule has 0 aliphatic rings. The second-order valence-electron chi connectivity index (χ2n) is 6.08. The molecule has 0 amide bonds. The van der Waals surface area contributed by atoms with Crippen molar-refractivity contribution in [2.24, 2.45) is 0 Å². The normalized spacial score (nSPS) is 13.8. The molecule has 0 spiro atoms. The van der Waals surface area contributed by atoms with Crippen LogP contribution in [-0.2, 0) is 14.9 Å². The van der Waals surface area contributed by atoms with E-state index in [2.05, 4.69) is 0 Å². The van der Waals surface area contributed by atoms with Gasteiger partial charge in [-0.15, -0.1) is 0 Å². The molecule has 3 N–H and O–H groups in total. The average Bonchev–Trinajstić information content (AvgIpc) is 2.59. The number of aromatic hydroxyl groups is 2. The number of hydrogen-bond donors (Lipinski definition) is 3. The molecule has 152 valence electrons. The minimum Gasteiger partial charge on any atom is -0.508 e. The lowest BCUT2D eigenvalue weighted by molar-refractivity contribution is 0.428. The molecule has 3 rings (SSSR count). The summed E-state index contributed by atoms with van der Waals surface area (Å²) in [4.78, 5) is 0. The lowest BCUT2D eigenvalue weighted by atomic mass is 9.82. The molecule has 0 bridgehead atoms. The van der Waals surface area contributed by atoms with Crippen molar-refractivity contribution in [1.82, 2.24) is 0 Å². The number of phenolic OH excluding ortho intramolecular Hbond substituents is 2. The Labute approximate surface area is 186 Å². The summed E-state index contributed by atoms with van der Waals surface area (Å²) in [5.41, 5.74) is -0.907. The van der Waals surface area contributed by atoms with Gasteiger partial charge < -0.3 is 10.2 Å². The van der Waals surface area contributed by atoms with E-state index < -0.39 is 37.5 Å². The first-order valence-electron chi connectivity index (χ1n) is 7.89. The molecule has 0 aromatic heterocycles. The zero-order valence-corrected chi connectivity index (χ0v) is 18.1. The highest BCUT2D eigenvalue weighted by Gasteiger charge is 2.54. The highest BCUT2D eigenvalue weighted by molar-refractivity contribution is 7.87. The van der Waals surface area contributed by atoms with Crippen molar-refractivity contribution >= 4 is 56.5 Å². The molecule has 5 nitrogen and oxygen atoms in total. The largest absolute Gasteiger partial charge is 0.508 e. The molecule has 0 aliphatic carbocycles. The van der Waals surface area contributed by atoms with Gasteiger partial charge in [0.25, 0.3) is 10.1 Å². The fourth-order valence-corrected chi connectivity index (χ4v) is 5.83. The van der Waals surface area contributed by atoms with Gasteiger partial charge in [-0.1, -0.05) is 64.6 Å². The fourth-order valence-electron chi connectivity index (χ4n) is 3.27. The summed E-state index contributed by atoms with van der Waals surface area (Å²) in [6, 6.07) is 11.5. The van der Waals surface area contributed by atoms with Crippen molar-refractivity contribution in [2.45, 2.75) is 4.75 Å². The van der Waals surface area contributed by atoms with Crippen LogP contribution in [-0.4, -0.2) is 23.2 Å². The summed E-state index contributed by atoms with van der Waals surface area (Å²) in [5.74, 6) is -1.18. The molecule has 0 saturated heterocycles. The maximum atomic E-state index is 13.0. The predicted molar refractivity (Wildman–Crippen MR) is 114 cm³/mol. The molecule has 3 aromatic rings. The molecule has 0 radical (unpaired) electrons. The summed E-state index contributed by atoms with van der Waals surface area (Å²) in [7, 11) is -5.18. The fraction of sp³-hybridized carbons (Fsp3) is 0.0526. The van der Waals surface area contributed by atoms with Crippen LogP contribution < -0.4 is 0 Å². The Balaban J connectivity index is 2.66. The van der Waals surface area contributed by atoms with Gasteiger partial charge >= 0.3 is 0 Å². The van der Waals surface area contributed by atoms with Gasteiger partial charge in [0.05, 0.1) is 5.02 Å². The van der Waals surface area contributed by atoms with Gasteiger partial charge in [-0.25, -0.2) is 0 Å². The van der Waals surface area contributed by atoms with Crippen molar-refractivity contribution in [3.63, 3.8) is 0 Å². The van der Waals surface area contributed by atoms with Crippen LogP contribution in [0.5, 0.6) is 11.5 Å². The highest BCUT2D eigenvalue weighted by Crippen LogP contribution is 2.54. The van der Waals surface area contributed by atoms with Crippen LogP contribution in [0.4, 0.5) is 0 Å². The summed E-state index contributed by atoms with van der Waals surface area (Å²) in [6.45, 7) is 0. The molecule has 29 heavy (non-hydrogen) atoms. The molecular weight excluding hydrogens is 482 g/mol. The van der Waals surface area contributed by atoms with Crippen LogP contribution in [0.15, 0.2) is 54.6 Å². The Morgan fingerprint density at radius 1 is 0.724 bits per heavy atom. The Hall–Kier alpha value is -1.67. The van der Waals surface area contributed by atoms with Crippen LogP contribution in [0.2, 0.25) is 20.1 Å². The smallest absolute Gasteiger partial charge is 0.283 e. The number of rotatable bonds is 4. The van der Waals surface area contributed by atoms with Crippen molar-refractivity contribution in [3.8, 4) is 11.5 Å². The van der Waals surface area contributed by atoms with Crippen LogP contribution in [0.3, 0.4) is 0 Å². The van der Waals surface area contributed by atoms with E-state index in [1.54, 1.807) is 0 Å². The van der Waals surface area contributed by atoms with E-state index in [4.69, 9.17) is 46.4 Å². The first-order chi connectivity index (χ1) is 13.5. The van der Waals surface area contributed by atoms with E-state index in [9.17, 15) is 23.2 Å². The number of hydrogen-bond acceptors (Lipinski definition) is 4. The van der Waals surface area contributed by atoms with Gasteiger partial charge in [0, 0.05) is 26.2 Å². The minimum absolute atomic E-state index is 0.0278. The second-order valence-corrected chi connectivity index (χ2v) is 9.33. The van der Waals surface area contributed by atoms with Crippen LogP contribution in [0, 0.1) is 0 Å². The molecule has 0 heterocycles. The van der Waals surface area contributed by atoms with Crippen LogP contribution in [0.1, 0.15) is 16.7 Å². The maximum absolute atomic E-state index is 13.0. The van der Waals surface area contributed by atoms with Crippen molar-refractivity contribution in [2.75, 3.05) is 0 Å². The lowest BCUT2D eigenvalue weighted by Crippen LogP contribution is -2.39. The summed E-state index contributed by atoms with van der Waals surface area (Å²) in [6.07, 6.45) is 0. The summed E-state index contributed by atoms with van der Waals surface area (Å²) in [5, 5.41) is 21.0. The van der Waals surface area contributed by atoms with Gasteiger partial charge in [0.1, 0.15) is 11.5 Å². The van der Waals surface area contributed by atoms with Gasteiger partial charge in [-0.2, -0.15) is 8.42 Å². The summed E-state index contributed by atoms with van der Waals surface area (Å²) >= 11 is 24.4. The maximum Gasteiger partial charge on any atom is 0.283 e. The van der Waals surface area contributed by atoms with E-state index in [0.717, 1.165) is 6.07 Å². The molecule has 3 aromatic carbocycles. The number of benzene rings is 3. The Kier molecular flexibility index (Phi) is 5.98. The molecule has 1 unspecified atom stereocenters. The van der Waals surface area contributed by atoms with Crippen molar-refractivity contribution in [3.05, 3.63) is 91.4 Å². The Morgan fingerprint density at radius 2 is 1.31 bits per heavy atom. The third-order valence-corrected chi connectivity index (χ3v) is 6.87. The Bertz CT molecular complexity index is 1150. The average molecular weight is 494 g/mol. The Morgan fingerprint density at radius 3 is 1.83 bits per heavy atom. The van der Waals surface area contributed by atoms with Crippen LogP contribution in [0.25, 0.3) is 0 Å². The standard InChI is InChI=1S/C19H12Cl4O5S/c20-11-6-4-10(5-7-11)19(29(26,27)28,17-13(22)2-1-3-15(17)24)18-14(23)8-12(21)9-16(18)25/h1-9,24-25H,(H,26,27,28). The molecule has 0 saturated carbocycles. The second kappa shape index (κ2) is 7.87. The van der Waals surface area contributed by atoms with E-state index in [-0.39, 0.29) is 25.7 Å². The van der Waals surface area contributed by atoms with Crippen molar-refractivity contribution in [1.29, 1.82) is 0 Å². The SMILES string of the molecule is O=S(=O)(O)C(c1ccc(Cl)cc1)(c1c(O)cccc1Cl)c1c(O)cc(Cl)cc1Cl. The zero-order chi connectivity index (χ0) is 21.6. The lowest BCUT2D eigenvalue weighted by Gasteiger charge is -2.34. The third-order valence-electron chi connectivity index (χ3n) is 4.37. The number of phenols is 2. The van der Waals surface area contributed by atoms with E-state index in [1.165, 1.54) is 48.5 Å². The number of halogens is 4. The third kappa shape index (κ3) is 3.65. The van der Waals surface area contributed by atoms with Crippen LogP contribution >= 0.6 is 46.4 Å². The van der Waals surface area contributed by atoms with Gasteiger partial charge in [-0.3, -0.25) is 4.55 Å². The van der Waals surface area contributed by atoms with Gasteiger partial charge in [0.2, 0.25) is 0 Å². The molecule has 0 aliphatic heterocycles. The minimum atomic E-state index is -5.18. The first kappa shape index (κ1) is 22.0. The topological polar surface area (TPSA) is 94.8 Å². The molecular formula is C19H12Cl4O5S. The van der Waals surface area contributed by atoms with E-state index in [1.807, 2.05) is 0 Å². The van der Waals surface area contributed by atoms with Crippen molar-refractivity contribution < 1.29 is 23.2 Å². The monoisotopic (exact) mass is 492 g/mol. The van der Waals surface area contributed by atoms with E-state index >= 15 is 0 Å². The van der Waals surface area contributed by atoms with Gasteiger partial charge in [0.15, 0.2) is 4.75 Å².